The number of nitrogens with zero attached hydrogens (tertiary/aromatic N) is 1. The molecule has 0 aromatic heterocycles. The van der Waals surface area contributed by atoms with Crippen molar-refractivity contribution in [2.45, 2.75) is 25.4 Å². The van der Waals surface area contributed by atoms with Gasteiger partial charge in [-0.2, -0.15) is 0 Å². The lowest BCUT2D eigenvalue weighted by atomic mass is 9.85. The first-order valence-corrected chi connectivity index (χ1v) is 4.93. The first kappa shape index (κ1) is 8.70. The van der Waals surface area contributed by atoms with Crippen molar-refractivity contribution in [1.82, 2.24) is 0 Å². The van der Waals surface area contributed by atoms with Gasteiger partial charge in [0.1, 0.15) is 6.10 Å². The van der Waals surface area contributed by atoms with E-state index in [1.165, 1.54) is 19.3 Å². The minimum absolute atomic E-state index is 0.481. The summed E-state index contributed by atoms with van der Waals surface area (Å²) in [7, 11) is 0. The van der Waals surface area contributed by atoms with Crippen molar-refractivity contribution < 1.29 is 5.11 Å². The molecule has 1 atom stereocenters. The van der Waals surface area contributed by atoms with Crippen molar-refractivity contribution in [1.29, 1.82) is 0 Å². The second-order valence-corrected chi connectivity index (χ2v) is 3.75. The molecule has 0 amide bonds. The Balaban J connectivity index is 1.90. The van der Waals surface area contributed by atoms with Crippen molar-refractivity contribution in [2.75, 3.05) is 6.54 Å². The highest BCUT2D eigenvalue weighted by atomic mass is 16.3. The van der Waals surface area contributed by atoms with Gasteiger partial charge < -0.3 is 5.11 Å². The van der Waals surface area contributed by atoms with E-state index >= 15 is 0 Å². The molecule has 0 heterocycles. The van der Waals surface area contributed by atoms with Crippen LogP contribution >= 0.6 is 0 Å². The van der Waals surface area contributed by atoms with E-state index in [1.807, 2.05) is 18.2 Å². The maximum absolute atomic E-state index is 9.50. The molecule has 2 aliphatic rings. The number of allylic oxidation sites excluding steroid dienone is 2. The third-order valence-corrected chi connectivity index (χ3v) is 2.73. The molecule has 0 bridgehead atoms. The molecular weight excluding hydrogens is 162 g/mol. The van der Waals surface area contributed by atoms with Crippen molar-refractivity contribution in [3.8, 4) is 0 Å². The summed E-state index contributed by atoms with van der Waals surface area (Å²) in [6.45, 7) is 0.893. The SMILES string of the molecule is OC1C=CC=C/C1=N/CC1CCC1. The van der Waals surface area contributed by atoms with Gasteiger partial charge in [0.2, 0.25) is 0 Å². The minimum atomic E-state index is -0.481. The average molecular weight is 177 g/mol. The van der Waals surface area contributed by atoms with Crippen LogP contribution in [0, 0.1) is 5.92 Å². The number of hydrogen-bond donors (Lipinski definition) is 1. The van der Waals surface area contributed by atoms with Crippen LogP contribution in [0.3, 0.4) is 0 Å². The van der Waals surface area contributed by atoms with Crippen molar-refractivity contribution in [2.24, 2.45) is 10.9 Å². The first-order chi connectivity index (χ1) is 6.36. The zero-order chi connectivity index (χ0) is 9.10. The van der Waals surface area contributed by atoms with Gasteiger partial charge >= 0.3 is 0 Å². The van der Waals surface area contributed by atoms with Crippen LogP contribution in [0.2, 0.25) is 0 Å². The van der Waals surface area contributed by atoms with Crippen LogP contribution in [-0.2, 0) is 0 Å². The van der Waals surface area contributed by atoms with Gasteiger partial charge in [0, 0.05) is 6.54 Å². The van der Waals surface area contributed by atoms with Gasteiger partial charge in [-0.05, 0) is 24.8 Å². The lowest BCUT2D eigenvalue weighted by Gasteiger charge is -2.23. The molecule has 0 spiro atoms. The van der Waals surface area contributed by atoms with Crippen LogP contribution < -0.4 is 0 Å². The topological polar surface area (TPSA) is 32.6 Å². The van der Waals surface area contributed by atoms with Crippen LogP contribution in [0.25, 0.3) is 0 Å². The molecule has 1 N–H and O–H groups in total. The maximum atomic E-state index is 9.50. The summed E-state index contributed by atoms with van der Waals surface area (Å²) in [6, 6.07) is 0. The second-order valence-electron chi connectivity index (χ2n) is 3.75. The molecule has 1 saturated carbocycles. The number of aliphatic imine (C=N–C) groups is 1. The Hall–Kier alpha value is -0.890. The summed E-state index contributed by atoms with van der Waals surface area (Å²) >= 11 is 0. The molecule has 2 aliphatic carbocycles. The lowest BCUT2D eigenvalue weighted by Crippen LogP contribution is -2.21. The van der Waals surface area contributed by atoms with Gasteiger partial charge in [-0.15, -0.1) is 0 Å². The third kappa shape index (κ3) is 2.07. The Morgan fingerprint density at radius 1 is 1.38 bits per heavy atom. The van der Waals surface area contributed by atoms with E-state index in [0.29, 0.717) is 0 Å². The van der Waals surface area contributed by atoms with E-state index in [2.05, 4.69) is 4.99 Å². The van der Waals surface area contributed by atoms with Gasteiger partial charge in [0.25, 0.3) is 0 Å². The monoisotopic (exact) mass is 177 g/mol. The predicted octanol–water partition coefficient (Wildman–Crippen LogP) is 1.71. The van der Waals surface area contributed by atoms with Crippen LogP contribution in [-0.4, -0.2) is 23.5 Å². The standard InChI is InChI=1S/C11H15NO/c13-11-7-2-1-6-10(11)12-8-9-4-3-5-9/h1-2,6-7,9,11,13H,3-5,8H2/b12-10-. The predicted molar refractivity (Wildman–Crippen MR) is 53.9 cm³/mol. The Labute approximate surface area is 78.7 Å². The molecule has 13 heavy (non-hydrogen) atoms. The summed E-state index contributed by atoms with van der Waals surface area (Å²) in [6.07, 6.45) is 10.9. The number of aliphatic hydroxyl groups is 1. The Morgan fingerprint density at radius 3 is 2.85 bits per heavy atom. The zero-order valence-electron chi connectivity index (χ0n) is 7.69. The van der Waals surface area contributed by atoms with Crippen LogP contribution in [0.4, 0.5) is 0 Å². The Morgan fingerprint density at radius 2 is 2.23 bits per heavy atom. The maximum Gasteiger partial charge on any atom is 0.114 e. The zero-order valence-corrected chi connectivity index (χ0v) is 7.69. The summed E-state index contributed by atoms with van der Waals surface area (Å²) in [5.74, 6) is 0.777. The Kier molecular flexibility index (Phi) is 2.60. The molecule has 1 fully saturated rings. The Bertz CT molecular complexity index is 261. The van der Waals surface area contributed by atoms with E-state index < -0.39 is 6.10 Å². The second kappa shape index (κ2) is 3.88. The number of rotatable bonds is 2. The van der Waals surface area contributed by atoms with Crippen LogP contribution in [0.1, 0.15) is 19.3 Å². The molecule has 0 aliphatic heterocycles. The van der Waals surface area contributed by atoms with Gasteiger partial charge in [0.15, 0.2) is 0 Å². The molecule has 2 rings (SSSR count). The van der Waals surface area contributed by atoms with E-state index in [9.17, 15) is 5.11 Å². The fraction of sp³-hybridized carbons (Fsp3) is 0.545. The molecule has 70 valence electrons. The normalized spacial score (nSPS) is 30.8. The molecule has 0 aromatic carbocycles. The minimum Gasteiger partial charge on any atom is -0.383 e. The fourth-order valence-electron chi connectivity index (χ4n) is 1.58. The van der Waals surface area contributed by atoms with Crippen molar-refractivity contribution >= 4 is 5.71 Å². The molecule has 2 nitrogen and oxygen atoms in total. The lowest BCUT2D eigenvalue weighted by molar-refractivity contribution is 0.286. The molecular formula is C11H15NO. The summed E-state index contributed by atoms with van der Waals surface area (Å²) in [5, 5.41) is 9.50. The molecule has 0 radical (unpaired) electrons. The largest absolute Gasteiger partial charge is 0.383 e. The summed E-state index contributed by atoms with van der Waals surface area (Å²) in [4.78, 5) is 4.41. The molecule has 1 unspecified atom stereocenters. The van der Waals surface area contributed by atoms with E-state index in [1.54, 1.807) is 6.08 Å². The van der Waals surface area contributed by atoms with Crippen molar-refractivity contribution in [3.63, 3.8) is 0 Å². The molecule has 0 aromatic rings. The first-order valence-electron chi connectivity index (χ1n) is 4.93. The third-order valence-electron chi connectivity index (χ3n) is 2.73. The average Bonchev–Trinajstić information content (AvgIpc) is 2.05. The highest BCUT2D eigenvalue weighted by molar-refractivity contribution is 6.00. The summed E-state index contributed by atoms with van der Waals surface area (Å²) in [5.41, 5.74) is 0.814. The quantitative estimate of drug-likeness (QED) is 0.684. The van der Waals surface area contributed by atoms with Gasteiger partial charge in [-0.3, -0.25) is 4.99 Å². The van der Waals surface area contributed by atoms with Gasteiger partial charge in [-0.1, -0.05) is 24.6 Å². The van der Waals surface area contributed by atoms with Crippen LogP contribution in [0.15, 0.2) is 29.3 Å². The van der Waals surface area contributed by atoms with Gasteiger partial charge in [-0.25, -0.2) is 0 Å². The number of aliphatic hydroxyl groups excluding tert-OH is 1. The molecule has 0 saturated heterocycles. The summed E-state index contributed by atoms with van der Waals surface area (Å²) < 4.78 is 0. The van der Waals surface area contributed by atoms with Crippen molar-refractivity contribution in [3.05, 3.63) is 24.3 Å². The fourth-order valence-corrected chi connectivity index (χ4v) is 1.58. The van der Waals surface area contributed by atoms with E-state index in [-0.39, 0.29) is 0 Å². The molecule has 2 heteroatoms. The smallest absolute Gasteiger partial charge is 0.114 e. The number of hydrogen-bond acceptors (Lipinski definition) is 2. The van der Waals surface area contributed by atoms with Gasteiger partial charge in [0.05, 0.1) is 5.71 Å². The van der Waals surface area contributed by atoms with E-state index in [4.69, 9.17) is 0 Å². The van der Waals surface area contributed by atoms with Crippen LogP contribution in [0.5, 0.6) is 0 Å². The highest BCUT2D eigenvalue weighted by Crippen LogP contribution is 2.26. The highest BCUT2D eigenvalue weighted by Gasteiger charge is 2.17. The van der Waals surface area contributed by atoms with E-state index in [0.717, 1.165) is 18.2 Å².